The van der Waals surface area contributed by atoms with E-state index in [2.05, 4.69) is 17.4 Å². The maximum atomic E-state index is 9.76. The molecule has 0 fully saturated rings. The molecule has 8 heteroatoms. The summed E-state index contributed by atoms with van der Waals surface area (Å²) < 4.78 is 8.88. The van der Waals surface area contributed by atoms with E-state index in [1.807, 2.05) is 18.2 Å². The molecule has 0 aromatic heterocycles. The largest absolute Gasteiger partial charge is 0.504 e. The van der Waals surface area contributed by atoms with Gasteiger partial charge in [0.05, 0.1) is 0 Å². The van der Waals surface area contributed by atoms with Crippen LogP contribution in [0.1, 0.15) is 22.6 Å². The molecule has 1 unspecified atom stereocenters. The number of hydrogen-bond donors (Lipinski definition) is 6. The predicted molar refractivity (Wildman–Crippen MR) is 88.9 cm³/mol. The van der Waals surface area contributed by atoms with Gasteiger partial charge in [-0.25, -0.2) is 4.57 Å². The van der Waals surface area contributed by atoms with Crippen molar-refractivity contribution >= 4 is 7.82 Å². The molecular formula is C16H20NO6P. The summed E-state index contributed by atoms with van der Waals surface area (Å²) in [5.41, 5.74) is 3.43. The molecule has 2 aromatic carbocycles. The Labute approximate surface area is 139 Å². The van der Waals surface area contributed by atoms with Gasteiger partial charge in [0, 0.05) is 12.5 Å². The summed E-state index contributed by atoms with van der Waals surface area (Å²) in [6.45, 7) is 1.74. The summed E-state index contributed by atoms with van der Waals surface area (Å²) in [5, 5.41) is 22.8. The highest BCUT2D eigenvalue weighted by atomic mass is 31.2. The van der Waals surface area contributed by atoms with Crippen molar-refractivity contribution in [2.24, 2.45) is 0 Å². The van der Waals surface area contributed by atoms with E-state index in [4.69, 9.17) is 19.2 Å². The predicted octanol–water partition coefficient (Wildman–Crippen LogP) is 1.45. The molecule has 0 spiro atoms. The Hall–Kier alpha value is -1.89. The minimum Gasteiger partial charge on any atom is -0.504 e. The molecule has 24 heavy (non-hydrogen) atoms. The summed E-state index contributed by atoms with van der Waals surface area (Å²) in [4.78, 5) is 21.6. The normalized spacial score (nSPS) is 17.2. The van der Waals surface area contributed by atoms with Gasteiger partial charge in [-0.2, -0.15) is 0 Å². The highest BCUT2D eigenvalue weighted by Gasteiger charge is 2.21. The minimum absolute atomic E-state index is 0.0348. The molecule has 0 aliphatic carbocycles. The summed E-state index contributed by atoms with van der Waals surface area (Å²) in [6.07, 6.45) is 0.868. The number of aromatic hydroxyl groups is 2. The van der Waals surface area contributed by atoms with Gasteiger partial charge >= 0.3 is 7.82 Å². The molecule has 3 rings (SSSR count). The van der Waals surface area contributed by atoms with Gasteiger partial charge in [0.25, 0.3) is 0 Å². The van der Waals surface area contributed by atoms with Crippen molar-refractivity contribution in [3.05, 3.63) is 59.2 Å². The van der Waals surface area contributed by atoms with E-state index in [1.165, 1.54) is 5.56 Å². The van der Waals surface area contributed by atoms with Crippen LogP contribution in [0.25, 0.3) is 0 Å². The molecule has 7 nitrogen and oxygen atoms in total. The zero-order valence-electron chi connectivity index (χ0n) is 12.8. The number of phenolic OH excluding ortho intramolecular Hbond substituents is 2. The first-order valence-electron chi connectivity index (χ1n) is 7.34. The highest BCUT2D eigenvalue weighted by molar-refractivity contribution is 7.45. The minimum atomic E-state index is -4.64. The molecule has 0 amide bonds. The molecule has 0 bridgehead atoms. The fourth-order valence-corrected chi connectivity index (χ4v) is 2.74. The van der Waals surface area contributed by atoms with Gasteiger partial charge in [-0.3, -0.25) is 0 Å². The van der Waals surface area contributed by atoms with Gasteiger partial charge in [-0.05, 0) is 41.8 Å². The third-order valence-corrected chi connectivity index (χ3v) is 3.73. The van der Waals surface area contributed by atoms with Crippen molar-refractivity contribution in [1.29, 1.82) is 0 Å². The first-order chi connectivity index (χ1) is 11.3. The number of fused-ring (bicyclic) bond motifs is 1. The summed E-state index contributed by atoms with van der Waals surface area (Å²) >= 11 is 0. The SMILES string of the molecule is O=P(O)(O)O.Oc1cc2c(cc1O)C(c1ccccc1)CNCC2. The van der Waals surface area contributed by atoms with E-state index in [0.29, 0.717) is 0 Å². The molecule has 1 atom stereocenters. The maximum Gasteiger partial charge on any atom is 0.466 e. The smallest absolute Gasteiger partial charge is 0.466 e. The first-order valence-corrected chi connectivity index (χ1v) is 8.91. The number of hydrogen-bond acceptors (Lipinski definition) is 4. The topological polar surface area (TPSA) is 130 Å². The Bertz CT molecular complexity index is 723. The van der Waals surface area contributed by atoms with Crippen LogP contribution in [-0.4, -0.2) is 38.0 Å². The van der Waals surface area contributed by atoms with Gasteiger partial charge in [0.1, 0.15) is 0 Å². The van der Waals surface area contributed by atoms with Crippen LogP contribution in [0.4, 0.5) is 0 Å². The standard InChI is InChI=1S/C16H17NO2.H3O4P/c18-15-8-12-6-7-17-10-14(13(12)9-16(15)19)11-4-2-1-3-5-11;1-5(2,3)4/h1-5,8-9,14,17-19H,6-7,10H2;(H3,1,2,3,4). The lowest BCUT2D eigenvalue weighted by molar-refractivity contribution is 0.275. The van der Waals surface area contributed by atoms with Crippen molar-refractivity contribution in [1.82, 2.24) is 5.32 Å². The van der Waals surface area contributed by atoms with Gasteiger partial charge in [-0.15, -0.1) is 0 Å². The average molecular weight is 353 g/mol. The second-order valence-corrected chi connectivity index (χ2v) is 6.50. The zero-order chi connectivity index (χ0) is 17.7. The molecule has 6 N–H and O–H groups in total. The van der Waals surface area contributed by atoms with E-state index < -0.39 is 7.82 Å². The van der Waals surface area contributed by atoms with Crippen LogP contribution in [0.5, 0.6) is 11.5 Å². The number of benzene rings is 2. The Morgan fingerprint density at radius 1 is 1.00 bits per heavy atom. The fraction of sp³-hybridized carbons (Fsp3) is 0.250. The first kappa shape index (κ1) is 18.4. The van der Waals surface area contributed by atoms with Crippen molar-refractivity contribution in [2.75, 3.05) is 13.1 Å². The van der Waals surface area contributed by atoms with Crippen LogP contribution in [0.15, 0.2) is 42.5 Å². The summed E-state index contributed by atoms with van der Waals surface area (Å²) in [7, 11) is -4.64. The lowest BCUT2D eigenvalue weighted by Gasteiger charge is -2.18. The number of phosphoric acid groups is 1. The van der Waals surface area contributed by atoms with Gasteiger partial charge < -0.3 is 30.2 Å². The quantitative estimate of drug-likeness (QED) is 0.338. The van der Waals surface area contributed by atoms with Gasteiger partial charge in [-0.1, -0.05) is 30.3 Å². The van der Waals surface area contributed by atoms with E-state index in [1.54, 1.807) is 12.1 Å². The Kier molecular flexibility index (Phi) is 5.99. The van der Waals surface area contributed by atoms with Crippen LogP contribution in [-0.2, 0) is 11.0 Å². The Morgan fingerprint density at radius 2 is 1.58 bits per heavy atom. The third-order valence-electron chi connectivity index (χ3n) is 3.73. The van der Waals surface area contributed by atoms with Crippen molar-refractivity contribution in [2.45, 2.75) is 12.3 Å². The van der Waals surface area contributed by atoms with Crippen LogP contribution in [0.3, 0.4) is 0 Å². The van der Waals surface area contributed by atoms with Gasteiger partial charge in [0.15, 0.2) is 11.5 Å². The molecule has 0 saturated heterocycles. The fourth-order valence-electron chi connectivity index (χ4n) is 2.74. The second kappa shape index (κ2) is 7.79. The van der Waals surface area contributed by atoms with E-state index >= 15 is 0 Å². The average Bonchev–Trinajstić information content (AvgIpc) is 2.69. The van der Waals surface area contributed by atoms with Crippen molar-refractivity contribution in [3.63, 3.8) is 0 Å². The molecule has 0 saturated carbocycles. The zero-order valence-corrected chi connectivity index (χ0v) is 13.7. The summed E-state index contributed by atoms with van der Waals surface area (Å²) in [6, 6.07) is 13.7. The molecule has 2 aromatic rings. The molecule has 0 radical (unpaired) electrons. The summed E-state index contributed by atoms with van der Waals surface area (Å²) in [5.74, 6) is 0.138. The van der Waals surface area contributed by atoms with Crippen LogP contribution < -0.4 is 5.32 Å². The maximum absolute atomic E-state index is 9.76. The third kappa shape index (κ3) is 5.33. The molecule has 1 aliphatic rings. The number of rotatable bonds is 1. The van der Waals surface area contributed by atoms with E-state index in [9.17, 15) is 10.2 Å². The van der Waals surface area contributed by atoms with Crippen molar-refractivity contribution < 1.29 is 29.5 Å². The molecule has 130 valence electrons. The lowest BCUT2D eigenvalue weighted by Crippen LogP contribution is -2.20. The van der Waals surface area contributed by atoms with Crippen molar-refractivity contribution in [3.8, 4) is 11.5 Å². The number of nitrogens with one attached hydrogen (secondary N) is 1. The Morgan fingerprint density at radius 3 is 2.21 bits per heavy atom. The van der Waals surface area contributed by atoms with Crippen LogP contribution in [0, 0.1) is 0 Å². The van der Waals surface area contributed by atoms with Gasteiger partial charge in [0.2, 0.25) is 0 Å². The molecule has 1 heterocycles. The number of phenols is 2. The molecular weight excluding hydrogens is 333 g/mol. The van der Waals surface area contributed by atoms with Crippen LogP contribution >= 0.6 is 7.82 Å². The van der Waals surface area contributed by atoms with E-state index in [0.717, 1.165) is 30.6 Å². The monoisotopic (exact) mass is 353 g/mol. The molecule has 1 aliphatic heterocycles. The second-order valence-electron chi connectivity index (χ2n) is 5.47. The Balaban J connectivity index is 0.000000368. The van der Waals surface area contributed by atoms with E-state index in [-0.39, 0.29) is 17.4 Å². The highest BCUT2D eigenvalue weighted by Crippen LogP contribution is 2.36. The van der Waals surface area contributed by atoms with Crippen LogP contribution in [0.2, 0.25) is 0 Å². The lowest BCUT2D eigenvalue weighted by atomic mass is 9.88.